The van der Waals surface area contributed by atoms with Crippen molar-refractivity contribution < 1.29 is 38.1 Å². The smallest absolute Gasteiger partial charge is 0.338 e. The number of esters is 1. The fourth-order valence-electron chi connectivity index (χ4n) is 3.77. The van der Waals surface area contributed by atoms with Crippen LogP contribution in [-0.2, 0) is 14.3 Å². The van der Waals surface area contributed by atoms with Crippen molar-refractivity contribution in [2.24, 2.45) is 5.10 Å². The van der Waals surface area contributed by atoms with Gasteiger partial charge in [0.15, 0.2) is 29.6 Å². The maximum atomic E-state index is 12.6. The van der Waals surface area contributed by atoms with Crippen molar-refractivity contribution in [3.8, 4) is 23.0 Å². The number of carbonyl (C=O) groups is 3. The van der Waals surface area contributed by atoms with Gasteiger partial charge in [0.1, 0.15) is 0 Å². The van der Waals surface area contributed by atoms with E-state index in [1.54, 1.807) is 45.2 Å². The molecule has 2 aromatic carbocycles. The number of nitrogens with one attached hydrogen (secondary N) is 3. The molecule has 0 fully saturated rings. The second-order valence-corrected chi connectivity index (χ2v) is 9.18. The van der Waals surface area contributed by atoms with Crippen molar-refractivity contribution in [2.45, 2.75) is 19.9 Å². The van der Waals surface area contributed by atoms with Gasteiger partial charge >= 0.3 is 12.0 Å². The van der Waals surface area contributed by atoms with Crippen LogP contribution in [0.15, 0.2) is 46.7 Å². The number of urea groups is 1. The summed E-state index contributed by atoms with van der Waals surface area (Å²) in [7, 11) is 4.53. The highest BCUT2D eigenvalue weighted by molar-refractivity contribution is 14.1. The number of carbonyl (C=O) groups excluding carboxylic acids is 3. The highest BCUT2D eigenvalue weighted by atomic mass is 127. The average Bonchev–Trinajstić information content (AvgIpc) is 2.91. The molecule has 0 aromatic heterocycles. The third-order valence-corrected chi connectivity index (χ3v) is 6.30. The van der Waals surface area contributed by atoms with E-state index in [2.05, 4.69) is 43.8 Å². The molecule has 3 N–H and O–H groups in total. The Morgan fingerprint density at radius 1 is 1.08 bits per heavy atom. The number of hydrogen-bond acceptors (Lipinski definition) is 9. The topological polar surface area (TPSA) is 146 Å². The van der Waals surface area contributed by atoms with E-state index in [0.717, 1.165) is 3.57 Å². The van der Waals surface area contributed by atoms with Crippen molar-refractivity contribution in [2.75, 3.05) is 34.5 Å². The fraction of sp³-hybridized carbons (Fsp3) is 0.308. The van der Waals surface area contributed by atoms with Crippen molar-refractivity contribution in [1.29, 1.82) is 0 Å². The van der Waals surface area contributed by atoms with Crippen LogP contribution in [0.25, 0.3) is 0 Å². The van der Waals surface area contributed by atoms with Crippen molar-refractivity contribution in [1.82, 2.24) is 16.1 Å². The molecule has 1 heterocycles. The van der Waals surface area contributed by atoms with Gasteiger partial charge in [-0.2, -0.15) is 5.10 Å². The van der Waals surface area contributed by atoms with Gasteiger partial charge in [0.05, 0.1) is 49.3 Å². The zero-order chi connectivity index (χ0) is 28.5. The number of hydrazone groups is 1. The number of methoxy groups -OCH3 is 3. The van der Waals surface area contributed by atoms with Gasteiger partial charge < -0.3 is 34.3 Å². The summed E-state index contributed by atoms with van der Waals surface area (Å²) < 4.78 is 27.7. The molecule has 0 bridgehead atoms. The summed E-state index contributed by atoms with van der Waals surface area (Å²) in [5, 5.41) is 9.28. The van der Waals surface area contributed by atoms with Crippen LogP contribution in [0.3, 0.4) is 0 Å². The molecule has 0 saturated heterocycles. The molecule has 0 radical (unpaired) electrons. The molecule has 39 heavy (non-hydrogen) atoms. The normalized spacial score (nSPS) is 14.8. The number of rotatable bonds is 11. The lowest BCUT2D eigenvalue weighted by Crippen LogP contribution is -2.45. The van der Waals surface area contributed by atoms with E-state index in [1.165, 1.54) is 20.4 Å². The van der Waals surface area contributed by atoms with Crippen molar-refractivity contribution in [3.05, 3.63) is 56.3 Å². The minimum Gasteiger partial charge on any atom is -0.493 e. The van der Waals surface area contributed by atoms with Crippen LogP contribution in [0.4, 0.5) is 4.79 Å². The molecule has 1 atom stereocenters. The van der Waals surface area contributed by atoms with E-state index in [9.17, 15) is 14.4 Å². The largest absolute Gasteiger partial charge is 0.493 e. The molecule has 2 aromatic rings. The minimum atomic E-state index is -0.766. The number of halogens is 1. The summed E-state index contributed by atoms with van der Waals surface area (Å²) in [6.07, 6.45) is 1.47. The average molecular weight is 652 g/mol. The fourth-order valence-corrected chi connectivity index (χ4v) is 4.62. The van der Waals surface area contributed by atoms with Gasteiger partial charge in [0, 0.05) is 5.70 Å². The maximum absolute atomic E-state index is 12.6. The van der Waals surface area contributed by atoms with Crippen LogP contribution < -0.4 is 35.0 Å². The van der Waals surface area contributed by atoms with Crippen LogP contribution in [-0.4, -0.2) is 58.7 Å². The van der Waals surface area contributed by atoms with Gasteiger partial charge in [-0.1, -0.05) is 6.07 Å². The van der Waals surface area contributed by atoms with Crippen molar-refractivity contribution >= 4 is 46.7 Å². The Hall–Kier alpha value is -4.01. The first-order chi connectivity index (χ1) is 18.7. The monoisotopic (exact) mass is 652 g/mol. The molecule has 3 rings (SSSR count). The van der Waals surface area contributed by atoms with Crippen LogP contribution in [0.5, 0.6) is 23.0 Å². The van der Waals surface area contributed by atoms with E-state index in [1.807, 2.05) is 6.07 Å². The lowest BCUT2D eigenvalue weighted by molar-refractivity contribution is -0.139. The van der Waals surface area contributed by atoms with Crippen LogP contribution in [0.1, 0.15) is 31.0 Å². The van der Waals surface area contributed by atoms with Crippen LogP contribution in [0.2, 0.25) is 0 Å². The standard InChI is InChI=1S/C26H29IN4O8/c1-6-38-25(33)22-14(2)29-26(34)30-23(22)16-7-8-18(19(11-16)35-3)39-13-21(32)31-28-12-15-9-17(27)24(37-5)20(10-15)36-4/h7-12,23H,6,13H2,1-5H3,(H,31,32)(H2,29,30,34)/b28-12-/t23-/m0/s1. The van der Waals surface area contributed by atoms with Crippen LogP contribution in [0, 0.1) is 3.57 Å². The SMILES string of the molecule is CCOC(=O)C1=C(C)NC(=O)N[C@H]1c1ccc(OCC(=O)N/N=C\c2cc(I)c(OC)c(OC)c2)c(OC)c1. The molecule has 0 unspecified atom stereocenters. The van der Waals surface area contributed by atoms with E-state index in [4.69, 9.17) is 23.7 Å². The lowest BCUT2D eigenvalue weighted by Gasteiger charge is -2.28. The molecule has 13 heteroatoms. The summed E-state index contributed by atoms with van der Waals surface area (Å²) >= 11 is 2.12. The van der Waals surface area contributed by atoms with Gasteiger partial charge in [-0.25, -0.2) is 15.0 Å². The Morgan fingerprint density at radius 2 is 1.82 bits per heavy atom. The third-order valence-electron chi connectivity index (χ3n) is 5.50. The summed E-state index contributed by atoms with van der Waals surface area (Å²) in [4.78, 5) is 37.0. The number of nitrogens with zero attached hydrogens (tertiary/aromatic N) is 1. The minimum absolute atomic E-state index is 0.187. The highest BCUT2D eigenvalue weighted by Crippen LogP contribution is 2.35. The molecule has 0 spiro atoms. The molecule has 0 saturated carbocycles. The Balaban J connectivity index is 1.68. The Bertz CT molecular complexity index is 1310. The van der Waals surface area contributed by atoms with Gasteiger partial charge in [0.25, 0.3) is 5.91 Å². The van der Waals surface area contributed by atoms with Crippen molar-refractivity contribution in [3.63, 3.8) is 0 Å². The quantitative estimate of drug-likeness (QED) is 0.145. The zero-order valence-corrected chi connectivity index (χ0v) is 24.2. The number of amides is 3. The predicted octanol–water partition coefficient (Wildman–Crippen LogP) is 3.04. The maximum Gasteiger partial charge on any atom is 0.338 e. The first kappa shape index (κ1) is 29.5. The van der Waals surface area contributed by atoms with Gasteiger partial charge in [-0.05, 0) is 71.8 Å². The van der Waals surface area contributed by atoms with E-state index >= 15 is 0 Å². The molecule has 3 amide bonds. The second kappa shape index (κ2) is 13.7. The molecule has 1 aliphatic heterocycles. The summed E-state index contributed by atoms with van der Waals surface area (Å²) in [6.45, 7) is 3.17. The molecular formula is C26H29IN4O8. The summed E-state index contributed by atoms with van der Waals surface area (Å²) in [5.74, 6) is 0.692. The number of allylic oxidation sites excluding steroid dienone is 1. The molecular weight excluding hydrogens is 623 g/mol. The van der Waals surface area contributed by atoms with E-state index in [0.29, 0.717) is 34.1 Å². The molecule has 1 aliphatic rings. The molecule has 12 nitrogen and oxygen atoms in total. The second-order valence-electron chi connectivity index (χ2n) is 8.02. The molecule has 208 valence electrons. The van der Waals surface area contributed by atoms with Gasteiger partial charge in [-0.15, -0.1) is 0 Å². The predicted molar refractivity (Wildman–Crippen MR) is 150 cm³/mol. The Kier molecular flexibility index (Phi) is 10.4. The summed E-state index contributed by atoms with van der Waals surface area (Å²) in [6, 6.07) is 7.21. The van der Waals surface area contributed by atoms with E-state index in [-0.39, 0.29) is 24.5 Å². The van der Waals surface area contributed by atoms with E-state index < -0.39 is 23.9 Å². The van der Waals surface area contributed by atoms with Crippen LogP contribution >= 0.6 is 22.6 Å². The summed E-state index contributed by atoms with van der Waals surface area (Å²) in [5.41, 5.74) is 4.33. The first-order valence-electron chi connectivity index (χ1n) is 11.7. The highest BCUT2D eigenvalue weighted by Gasteiger charge is 2.32. The first-order valence-corrected chi connectivity index (χ1v) is 12.8. The van der Waals surface area contributed by atoms with Gasteiger partial charge in [-0.3, -0.25) is 4.79 Å². The Labute approximate surface area is 239 Å². The zero-order valence-electron chi connectivity index (χ0n) is 22.0. The number of benzene rings is 2. The molecule has 0 aliphatic carbocycles. The third kappa shape index (κ3) is 7.31. The lowest BCUT2D eigenvalue weighted by atomic mass is 9.95. The Morgan fingerprint density at radius 3 is 2.49 bits per heavy atom. The number of hydrogen-bond donors (Lipinski definition) is 3. The van der Waals surface area contributed by atoms with Gasteiger partial charge in [0.2, 0.25) is 0 Å². The number of ether oxygens (including phenoxy) is 5.